The standard InChI is InChI=1S/C15H16ClNO2/c16-13-9-17-10-15(19)12(7-4-8-14(13)18)11-5-2-1-3-6-11/h1-3,5-6,9,12-13H,4,7-8,10H2. The maximum atomic E-state index is 12.2. The van der Waals surface area contributed by atoms with Gasteiger partial charge in [-0.15, -0.1) is 11.6 Å². The molecule has 1 heterocycles. The zero-order chi connectivity index (χ0) is 13.7. The van der Waals surface area contributed by atoms with Gasteiger partial charge in [-0.3, -0.25) is 14.6 Å². The summed E-state index contributed by atoms with van der Waals surface area (Å²) in [6.45, 7) is 0.0933. The molecule has 2 rings (SSSR count). The fraction of sp³-hybridized carbons (Fsp3) is 0.400. The Morgan fingerprint density at radius 1 is 1.11 bits per heavy atom. The number of alkyl halides is 1. The lowest BCUT2D eigenvalue weighted by Crippen LogP contribution is -2.21. The van der Waals surface area contributed by atoms with Gasteiger partial charge in [-0.25, -0.2) is 0 Å². The highest BCUT2D eigenvalue weighted by atomic mass is 35.5. The third kappa shape index (κ3) is 3.74. The highest BCUT2D eigenvalue weighted by Crippen LogP contribution is 2.24. The van der Waals surface area contributed by atoms with Crippen LogP contribution >= 0.6 is 11.6 Å². The van der Waals surface area contributed by atoms with Crippen molar-refractivity contribution < 1.29 is 9.59 Å². The largest absolute Gasteiger partial charge is 0.298 e. The Kier molecular flexibility index (Phi) is 4.86. The van der Waals surface area contributed by atoms with Crippen LogP contribution in [0.15, 0.2) is 35.3 Å². The van der Waals surface area contributed by atoms with Gasteiger partial charge >= 0.3 is 0 Å². The van der Waals surface area contributed by atoms with E-state index in [2.05, 4.69) is 4.99 Å². The van der Waals surface area contributed by atoms with E-state index in [0.717, 1.165) is 5.56 Å². The Morgan fingerprint density at radius 2 is 1.84 bits per heavy atom. The summed E-state index contributed by atoms with van der Waals surface area (Å²) < 4.78 is 0. The Hall–Kier alpha value is -1.48. The van der Waals surface area contributed by atoms with Crippen LogP contribution in [-0.4, -0.2) is 29.7 Å². The molecule has 0 aliphatic carbocycles. The van der Waals surface area contributed by atoms with Crippen LogP contribution in [0.3, 0.4) is 0 Å². The summed E-state index contributed by atoms with van der Waals surface area (Å²) >= 11 is 5.86. The lowest BCUT2D eigenvalue weighted by molar-refractivity contribution is -0.120. The summed E-state index contributed by atoms with van der Waals surface area (Å²) in [7, 11) is 0. The van der Waals surface area contributed by atoms with E-state index in [4.69, 9.17) is 11.6 Å². The van der Waals surface area contributed by atoms with Crippen molar-refractivity contribution in [2.45, 2.75) is 30.6 Å². The molecule has 2 atom stereocenters. The zero-order valence-corrected chi connectivity index (χ0v) is 11.3. The molecule has 0 amide bonds. The highest BCUT2D eigenvalue weighted by Gasteiger charge is 2.22. The number of carbonyl (C=O) groups excluding carboxylic acids is 2. The predicted molar refractivity (Wildman–Crippen MR) is 76.0 cm³/mol. The molecule has 0 saturated carbocycles. The first-order chi connectivity index (χ1) is 9.18. The van der Waals surface area contributed by atoms with E-state index in [0.29, 0.717) is 19.3 Å². The van der Waals surface area contributed by atoms with E-state index in [-0.39, 0.29) is 24.0 Å². The molecular weight excluding hydrogens is 262 g/mol. The summed E-state index contributed by atoms with van der Waals surface area (Å²) in [6, 6.07) is 9.66. The normalized spacial score (nSPS) is 25.3. The maximum absolute atomic E-state index is 12.2. The Balaban J connectivity index is 2.18. The quantitative estimate of drug-likeness (QED) is 0.741. The third-order valence-electron chi connectivity index (χ3n) is 3.30. The van der Waals surface area contributed by atoms with Gasteiger partial charge in [-0.05, 0) is 18.4 Å². The summed E-state index contributed by atoms with van der Waals surface area (Å²) in [5.41, 5.74) is 0.998. The Labute approximate surface area is 117 Å². The van der Waals surface area contributed by atoms with Crippen LogP contribution in [0.4, 0.5) is 0 Å². The number of nitrogens with zero attached hydrogens (tertiary/aromatic N) is 1. The molecule has 3 nitrogen and oxygen atoms in total. The molecule has 0 fully saturated rings. The van der Waals surface area contributed by atoms with Gasteiger partial charge in [0.25, 0.3) is 0 Å². The zero-order valence-electron chi connectivity index (χ0n) is 10.6. The van der Waals surface area contributed by atoms with Gasteiger partial charge in [0.05, 0.1) is 6.54 Å². The minimum Gasteiger partial charge on any atom is -0.298 e. The summed E-state index contributed by atoms with van der Waals surface area (Å²) in [4.78, 5) is 27.8. The number of halogens is 1. The van der Waals surface area contributed by atoms with E-state index in [1.807, 2.05) is 30.3 Å². The van der Waals surface area contributed by atoms with Crippen molar-refractivity contribution in [2.24, 2.45) is 4.99 Å². The molecule has 1 aliphatic heterocycles. The molecule has 2 unspecified atom stereocenters. The van der Waals surface area contributed by atoms with E-state index < -0.39 is 5.38 Å². The first-order valence-electron chi connectivity index (χ1n) is 6.43. The van der Waals surface area contributed by atoms with Crippen LogP contribution < -0.4 is 0 Å². The number of benzene rings is 1. The fourth-order valence-corrected chi connectivity index (χ4v) is 2.43. The number of hydrogen-bond donors (Lipinski definition) is 0. The maximum Gasteiger partial charge on any atom is 0.161 e. The van der Waals surface area contributed by atoms with Crippen molar-refractivity contribution in [2.75, 3.05) is 6.54 Å². The van der Waals surface area contributed by atoms with Gasteiger partial charge in [-0.2, -0.15) is 0 Å². The van der Waals surface area contributed by atoms with Crippen LogP contribution in [0.25, 0.3) is 0 Å². The number of hydrogen-bond acceptors (Lipinski definition) is 3. The second-order valence-corrected chi connectivity index (χ2v) is 5.15. The molecule has 0 N–H and O–H groups in total. The number of ketones is 2. The monoisotopic (exact) mass is 277 g/mol. The molecular formula is C15H16ClNO2. The molecule has 0 aromatic heterocycles. The van der Waals surface area contributed by atoms with Gasteiger partial charge in [0.1, 0.15) is 5.38 Å². The molecule has 0 bridgehead atoms. The lowest BCUT2D eigenvalue weighted by atomic mass is 9.89. The van der Waals surface area contributed by atoms with Crippen LogP contribution in [0.5, 0.6) is 0 Å². The summed E-state index contributed by atoms with van der Waals surface area (Å²) in [5, 5.41) is -0.693. The molecule has 4 heteroatoms. The molecule has 1 aromatic rings. The Bertz CT molecular complexity index is 484. The van der Waals surface area contributed by atoms with E-state index in [1.165, 1.54) is 6.21 Å². The molecule has 0 spiro atoms. The number of aliphatic imine (C=N–C) groups is 1. The van der Waals surface area contributed by atoms with Crippen molar-refractivity contribution >= 4 is 29.4 Å². The van der Waals surface area contributed by atoms with Crippen LogP contribution in [0.2, 0.25) is 0 Å². The highest BCUT2D eigenvalue weighted by molar-refractivity contribution is 6.39. The molecule has 1 aliphatic rings. The molecule has 1 aromatic carbocycles. The number of Topliss-reactive ketones (excluding diaryl/α,β-unsaturated/α-hetero) is 2. The summed E-state index contributed by atoms with van der Waals surface area (Å²) in [5.74, 6) is -0.106. The second kappa shape index (κ2) is 6.62. The number of rotatable bonds is 1. The molecule has 100 valence electrons. The van der Waals surface area contributed by atoms with Gasteiger partial charge in [-0.1, -0.05) is 30.3 Å². The topological polar surface area (TPSA) is 46.5 Å². The molecule has 0 radical (unpaired) electrons. The van der Waals surface area contributed by atoms with Crippen LogP contribution in [0, 0.1) is 0 Å². The van der Waals surface area contributed by atoms with E-state index in [1.54, 1.807) is 0 Å². The van der Waals surface area contributed by atoms with Crippen LogP contribution in [-0.2, 0) is 9.59 Å². The van der Waals surface area contributed by atoms with Crippen molar-refractivity contribution in [3.8, 4) is 0 Å². The minimum absolute atomic E-state index is 0.0217. The van der Waals surface area contributed by atoms with Gasteiger partial charge in [0.2, 0.25) is 0 Å². The van der Waals surface area contributed by atoms with Gasteiger partial charge in [0, 0.05) is 18.6 Å². The number of carbonyl (C=O) groups is 2. The van der Waals surface area contributed by atoms with Gasteiger partial charge < -0.3 is 0 Å². The van der Waals surface area contributed by atoms with E-state index >= 15 is 0 Å². The first-order valence-corrected chi connectivity index (χ1v) is 6.86. The van der Waals surface area contributed by atoms with Gasteiger partial charge in [0.15, 0.2) is 11.6 Å². The first kappa shape index (κ1) is 13.9. The SMILES string of the molecule is O=C1CCCC(c2ccccc2)C(=O)CN=CC1Cl. The fourth-order valence-electron chi connectivity index (χ4n) is 2.25. The van der Waals surface area contributed by atoms with Crippen molar-refractivity contribution in [3.63, 3.8) is 0 Å². The van der Waals surface area contributed by atoms with E-state index in [9.17, 15) is 9.59 Å². The average molecular weight is 278 g/mol. The lowest BCUT2D eigenvalue weighted by Gasteiger charge is -2.16. The molecule has 19 heavy (non-hydrogen) atoms. The molecule has 0 saturated heterocycles. The summed E-state index contributed by atoms with van der Waals surface area (Å²) in [6.07, 6.45) is 3.14. The second-order valence-electron chi connectivity index (χ2n) is 4.68. The third-order valence-corrected chi connectivity index (χ3v) is 3.65. The predicted octanol–water partition coefficient (Wildman–Crippen LogP) is 2.77. The Morgan fingerprint density at radius 3 is 2.58 bits per heavy atom. The average Bonchev–Trinajstić information content (AvgIpc) is 2.43. The van der Waals surface area contributed by atoms with Crippen molar-refractivity contribution in [3.05, 3.63) is 35.9 Å². The van der Waals surface area contributed by atoms with Crippen LogP contribution in [0.1, 0.15) is 30.7 Å². The van der Waals surface area contributed by atoms with Crippen molar-refractivity contribution in [1.29, 1.82) is 0 Å². The van der Waals surface area contributed by atoms with Crippen molar-refractivity contribution in [1.82, 2.24) is 0 Å². The minimum atomic E-state index is -0.693. The smallest absolute Gasteiger partial charge is 0.161 e.